The van der Waals surface area contributed by atoms with E-state index in [-0.39, 0.29) is 0 Å². The van der Waals surface area contributed by atoms with Gasteiger partial charge in [0.1, 0.15) is 17.5 Å². The fraction of sp³-hybridized carbons (Fsp3) is 0.182. The molecule has 4 nitrogen and oxygen atoms in total. The van der Waals surface area contributed by atoms with E-state index in [1.165, 1.54) is 11.3 Å². The Morgan fingerprint density at radius 1 is 1.47 bits per heavy atom. The third-order valence-electron chi connectivity index (χ3n) is 1.95. The predicted octanol–water partition coefficient (Wildman–Crippen LogP) is 2.88. The maximum atomic E-state index is 5.75. The number of anilines is 2. The van der Waals surface area contributed by atoms with E-state index in [0.29, 0.717) is 18.3 Å². The van der Waals surface area contributed by atoms with Gasteiger partial charge >= 0.3 is 0 Å². The Labute approximate surface area is 108 Å². The fourth-order valence-electron chi connectivity index (χ4n) is 1.28. The van der Waals surface area contributed by atoms with Crippen molar-refractivity contribution in [3.8, 4) is 5.75 Å². The summed E-state index contributed by atoms with van der Waals surface area (Å²) in [5.41, 5.74) is 6.29. The van der Waals surface area contributed by atoms with Gasteiger partial charge in [0.25, 0.3) is 0 Å². The largest absolute Gasteiger partial charge is 0.492 e. The van der Waals surface area contributed by atoms with E-state index in [1.54, 1.807) is 5.38 Å². The molecule has 0 bridgehead atoms. The minimum absolute atomic E-state index is 0.494. The molecule has 0 saturated heterocycles. The van der Waals surface area contributed by atoms with Crippen LogP contribution in [-0.4, -0.2) is 18.1 Å². The topological polar surface area (TPSA) is 60.2 Å². The van der Waals surface area contributed by atoms with Crippen molar-refractivity contribution >= 4 is 33.8 Å². The van der Waals surface area contributed by atoms with Crippen LogP contribution in [0.15, 0.2) is 29.6 Å². The van der Waals surface area contributed by atoms with Crippen molar-refractivity contribution in [1.29, 1.82) is 0 Å². The molecule has 2 rings (SSSR count). The molecule has 90 valence electrons. The van der Waals surface area contributed by atoms with Gasteiger partial charge in [0.05, 0.1) is 0 Å². The van der Waals surface area contributed by atoms with Crippen molar-refractivity contribution in [2.24, 2.45) is 5.73 Å². The molecule has 0 aliphatic carbocycles. The molecule has 0 spiro atoms. The van der Waals surface area contributed by atoms with Crippen LogP contribution in [0.3, 0.4) is 0 Å². The monoisotopic (exact) mass is 269 g/mol. The van der Waals surface area contributed by atoms with Crippen molar-refractivity contribution in [2.45, 2.75) is 0 Å². The molecule has 17 heavy (non-hydrogen) atoms. The number of benzene rings is 1. The number of rotatable bonds is 5. The number of halogens is 1. The highest BCUT2D eigenvalue weighted by molar-refractivity contribution is 7.14. The van der Waals surface area contributed by atoms with Gasteiger partial charge in [-0.05, 0) is 12.1 Å². The van der Waals surface area contributed by atoms with Gasteiger partial charge in [-0.25, -0.2) is 4.98 Å². The van der Waals surface area contributed by atoms with Crippen LogP contribution in [-0.2, 0) is 0 Å². The minimum Gasteiger partial charge on any atom is -0.492 e. The maximum Gasteiger partial charge on any atom is 0.188 e. The smallest absolute Gasteiger partial charge is 0.188 e. The Bertz CT molecular complexity index is 489. The van der Waals surface area contributed by atoms with Gasteiger partial charge in [-0.15, -0.1) is 11.3 Å². The van der Waals surface area contributed by atoms with Crippen LogP contribution in [0, 0.1) is 0 Å². The zero-order chi connectivity index (χ0) is 12.1. The summed E-state index contributed by atoms with van der Waals surface area (Å²) >= 11 is 7.20. The maximum absolute atomic E-state index is 5.75. The summed E-state index contributed by atoms with van der Waals surface area (Å²) in [6.45, 7) is 1.01. The first-order valence-corrected chi connectivity index (χ1v) is 6.34. The van der Waals surface area contributed by atoms with Crippen molar-refractivity contribution in [2.75, 3.05) is 18.5 Å². The molecule has 0 amide bonds. The second-order valence-corrected chi connectivity index (χ2v) is 4.51. The molecule has 0 saturated carbocycles. The van der Waals surface area contributed by atoms with Crippen LogP contribution in [0.2, 0.25) is 5.15 Å². The summed E-state index contributed by atoms with van der Waals surface area (Å²) < 4.78 is 5.43. The van der Waals surface area contributed by atoms with Gasteiger partial charge in [0, 0.05) is 23.7 Å². The summed E-state index contributed by atoms with van der Waals surface area (Å²) in [5.74, 6) is 0.781. The lowest BCUT2D eigenvalue weighted by Gasteiger charge is -2.07. The second-order valence-electron chi connectivity index (χ2n) is 3.27. The van der Waals surface area contributed by atoms with Crippen LogP contribution in [0.1, 0.15) is 0 Å². The van der Waals surface area contributed by atoms with Crippen molar-refractivity contribution in [3.05, 3.63) is 34.8 Å². The number of nitrogens with zero attached hydrogens (tertiary/aromatic N) is 1. The lowest BCUT2D eigenvalue weighted by atomic mass is 10.3. The highest BCUT2D eigenvalue weighted by Crippen LogP contribution is 2.25. The van der Waals surface area contributed by atoms with Crippen LogP contribution < -0.4 is 15.8 Å². The average Bonchev–Trinajstić information content (AvgIpc) is 2.73. The second kappa shape index (κ2) is 5.86. The quantitative estimate of drug-likeness (QED) is 0.876. The Hall–Kier alpha value is -1.30. The number of nitrogens with two attached hydrogens (primary N) is 1. The predicted molar refractivity (Wildman–Crippen MR) is 71.4 cm³/mol. The first kappa shape index (κ1) is 12.2. The fourth-order valence-corrected chi connectivity index (χ4v) is 2.13. The van der Waals surface area contributed by atoms with Gasteiger partial charge in [0.15, 0.2) is 5.13 Å². The van der Waals surface area contributed by atoms with E-state index in [9.17, 15) is 0 Å². The Morgan fingerprint density at radius 2 is 2.35 bits per heavy atom. The number of nitrogens with one attached hydrogen (secondary N) is 1. The van der Waals surface area contributed by atoms with Crippen LogP contribution in [0.4, 0.5) is 10.8 Å². The lowest BCUT2D eigenvalue weighted by molar-refractivity contribution is 0.328. The first-order valence-electron chi connectivity index (χ1n) is 5.09. The normalized spacial score (nSPS) is 10.2. The third kappa shape index (κ3) is 3.59. The van der Waals surface area contributed by atoms with Crippen LogP contribution in [0.25, 0.3) is 0 Å². The van der Waals surface area contributed by atoms with Crippen molar-refractivity contribution in [3.63, 3.8) is 0 Å². The molecule has 0 aliphatic rings. The van der Waals surface area contributed by atoms with Gasteiger partial charge in [0.2, 0.25) is 0 Å². The summed E-state index contributed by atoms with van der Waals surface area (Å²) in [6, 6.07) is 7.62. The number of ether oxygens (including phenoxy) is 1. The van der Waals surface area contributed by atoms with Crippen LogP contribution >= 0.6 is 22.9 Å². The number of aromatic nitrogens is 1. The van der Waals surface area contributed by atoms with Crippen LogP contribution in [0.5, 0.6) is 5.75 Å². The molecular weight excluding hydrogens is 258 g/mol. The van der Waals surface area contributed by atoms with E-state index in [1.807, 2.05) is 24.3 Å². The Morgan fingerprint density at radius 3 is 3.06 bits per heavy atom. The zero-order valence-electron chi connectivity index (χ0n) is 9.02. The highest BCUT2D eigenvalue weighted by Gasteiger charge is 2.01. The molecule has 0 fully saturated rings. The molecule has 0 atom stereocenters. The number of thiazole rings is 1. The minimum atomic E-state index is 0.494. The Balaban J connectivity index is 2.05. The molecule has 2 aromatic rings. The van der Waals surface area contributed by atoms with Crippen molar-refractivity contribution in [1.82, 2.24) is 4.98 Å². The Kier molecular flexibility index (Phi) is 4.19. The van der Waals surface area contributed by atoms with E-state index in [2.05, 4.69) is 10.3 Å². The molecular formula is C11H12ClN3OS. The lowest BCUT2D eigenvalue weighted by Crippen LogP contribution is -2.10. The van der Waals surface area contributed by atoms with Gasteiger partial charge in [-0.1, -0.05) is 17.7 Å². The molecule has 6 heteroatoms. The molecule has 3 N–H and O–H groups in total. The molecule has 0 aliphatic heterocycles. The standard InChI is InChI=1S/C11H12ClN3OS/c12-10-7-17-11(15-10)14-8-2-1-3-9(6-8)16-5-4-13/h1-3,6-7H,4-5,13H2,(H,14,15). The molecule has 0 unspecified atom stereocenters. The van der Waals surface area contributed by atoms with Gasteiger partial charge in [-0.2, -0.15) is 0 Å². The summed E-state index contributed by atoms with van der Waals surface area (Å²) in [7, 11) is 0. The number of hydrogen-bond donors (Lipinski definition) is 2. The number of hydrogen-bond acceptors (Lipinski definition) is 5. The summed E-state index contributed by atoms with van der Waals surface area (Å²) in [6.07, 6.45) is 0. The van der Waals surface area contributed by atoms with E-state index < -0.39 is 0 Å². The van der Waals surface area contributed by atoms with Gasteiger partial charge in [-0.3, -0.25) is 0 Å². The zero-order valence-corrected chi connectivity index (χ0v) is 10.6. The SMILES string of the molecule is NCCOc1cccc(Nc2nc(Cl)cs2)c1. The third-order valence-corrected chi connectivity index (χ3v) is 3.03. The van der Waals surface area contributed by atoms with E-state index in [0.717, 1.165) is 16.6 Å². The van der Waals surface area contributed by atoms with Crippen molar-refractivity contribution < 1.29 is 4.74 Å². The molecule has 1 heterocycles. The molecule has 1 aromatic carbocycles. The average molecular weight is 270 g/mol. The molecule has 1 aromatic heterocycles. The van der Waals surface area contributed by atoms with E-state index >= 15 is 0 Å². The van der Waals surface area contributed by atoms with E-state index in [4.69, 9.17) is 22.1 Å². The summed E-state index contributed by atoms with van der Waals surface area (Å²) in [4.78, 5) is 4.11. The molecule has 0 radical (unpaired) electrons. The highest BCUT2D eigenvalue weighted by atomic mass is 35.5. The summed E-state index contributed by atoms with van der Waals surface area (Å²) in [5, 5.41) is 6.18. The first-order chi connectivity index (χ1) is 8.28. The van der Waals surface area contributed by atoms with Gasteiger partial charge < -0.3 is 15.8 Å².